The van der Waals surface area contributed by atoms with E-state index < -0.39 is 39.5 Å². The molecule has 0 fully saturated rings. The third kappa shape index (κ3) is 4.27. The maximum atomic E-state index is 15.0. The number of hydrogen-bond donors (Lipinski definition) is 3. The van der Waals surface area contributed by atoms with Gasteiger partial charge < -0.3 is 5.11 Å². The van der Waals surface area contributed by atoms with E-state index in [0.29, 0.717) is 16.6 Å². The van der Waals surface area contributed by atoms with Crippen LogP contribution in [0.5, 0.6) is 0 Å². The second-order valence-electron chi connectivity index (χ2n) is 6.58. The van der Waals surface area contributed by atoms with Gasteiger partial charge in [0.1, 0.15) is 5.82 Å². The molecule has 3 N–H and O–H groups in total. The SMILES string of the molecule is O=S(=O)(Nc1ccc(F)c(C#Cc2cnc3[nH]ncc3c2)c1F)c1cc(Cl)ccc1CO. The zero-order valence-electron chi connectivity index (χ0n) is 16.0. The van der Waals surface area contributed by atoms with E-state index in [-0.39, 0.29) is 15.5 Å². The van der Waals surface area contributed by atoms with Gasteiger partial charge in [-0.15, -0.1) is 0 Å². The van der Waals surface area contributed by atoms with Gasteiger partial charge in [0.15, 0.2) is 11.5 Å². The Morgan fingerprint density at radius 2 is 1.94 bits per heavy atom. The van der Waals surface area contributed by atoms with E-state index >= 15 is 0 Å². The lowest BCUT2D eigenvalue weighted by Crippen LogP contribution is -2.16. The van der Waals surface area contributed by atoms with Crippen LogP contribution >= 0.6 is 11.6 Å². The predicted molar refractivity (Wildman–Crippen MR) is 114 cm³/mol. The van der Waals surface area contributed by atoms with E-state index in [1.54, 1.807) is 6.07 Å². The summed E-state index contributed by atoms with van der Waals surface area (Å²) in [6.07, 6.45) is 2.94. The Morgan fingerprint density at radius 3 is 2.72 bits per heavy atom. The number of aromatic amines is 1. The third-order valence-corrected chi connectivity index (χ3v) is 6.13. The van der Waals surface area contributed by atoms with Crippen molar-refractivity contribution in [3.8, 4) is 11.8 Å². The summed E-state index contributed by atoms with van der Waals surface area (Å²) < 4.78 is 56.8. The standard InChI is InChI=1S/C21H13ClF2N4O3S/c22-15-3-2-13(11-29)19(8-15)32(30,31)28-18-6-5-17(23)16(20(18)24)4-1-12-7-14-10-26-27-21(14)25-9-12/h2-3,5-10,28-29H,11H2,(H,25,26,27). The smallest absolute Gasteiger partial charge is 0.262 e. The number of rotatable bonds is 4. The fourth-order valence-electron chi connectivity index (χ4n) is 2.89. The number of nitrogens with zero attached hydrogens (tertiary/aromatic N) is 2. The number of pyridine rings is 1. The summed E-state index contributed by atoms with van der Waals surface area (Å²) in [7, 11) is -4.34. The van der Waals surface area contributed by atoms with E-state index in [1.165, 1.54) is 24.5 Å². The van der Waals surface area contributed by atoms with Crippen molar-refractivity contribution in [2.24, 2.45) is 0 Å². The molecule has 0 atom stereocenters. The zero-order valence-corrected chi connectivity index (χ0v) is 17.6. The Hall–Kier alpha value is -3.52. The highest BCUT2D eigenvalue weighted by Crippen LogP contribution is 2.27. The molecule has 0 aliphatic rings. The van der Waals surface area contributed by atoms with Crippen LogP contribution in [0.15, 0.2) is 53.7 Å². The highest BCUT2D eigenvalue weighted by Gasteiger charge is 2.22. The number of halogens is 3. The van der Waals surface area contributed by atoms with Crippen LogP contribution in [0.25, 0.3) is 11.0 Å². The molecule has 0 saturated carbocycles. The van der Waals surface area contributed by atoms with Gasteiger partial charge in [0.25, 0.3) is 10.0 Å². The second-order valence-corrected chi connectivity index (χ2v) is 8.67. The number of aromatic nitrogens is 3. The number of H-pyrrole nitrogens is 1. The molecule has 0 amide bonds. The van der Waals surface area contributed by atoms with Crippen molar-refractivity contribution in [2.45, 2.75) is 11.5 Å². The van der Waals surface area contributed by atoms with Gasteiger partial charge in [0, 0.05) is 22.2 Å². The van der Waals surface area contributed by atoms with Crippen molar-refractivity contribution < 1.29 is 22.3 Å². The third-order valence-electron chi connectivity index (χ3n) is 4.45. The van der Waals surface area contributed by atoms with Crippen LogP contribution in [-0.4, -0.2) is 28.7 Å². The molecular formula is C21H13ClF2N4O3S. The van der Waals surface area contributed by atoms with Crippen LogP contribution in [0, 0.1) is 23.5 Å². The second kappa shape index (κ2) is 8.55. The van der Waals surface area contributed by atoms with Gasteiger partial charge >= 0.3 is 0 Å². The summed E-state index contributed by atoms with van der Waals surface area (Å²) in [6, 6.07) is 7.34. The minimum atomic E-state index is -4.34. The lowest BCUT2D eigenvalue weighted by Gasteiger charge is -2.13. The first-order chi connectivity index (χ1) is 15.3. The monoisotopic (exact) mass is 474 g/mol. The molecule has 0 aliphatic carbocycles. The summed E-state index contributed by atoms with van der Waals surface area (Å²) in [5.74, 6) is 2.84. The van der Waals surface area contributed by atoms with Gasteiger partial charge in [-0.2, -0.15) is 5.10 Å². The van der Waals surface area contributed by atoms with Gasteiger partial charge in [-0.05, 0) is 35.9 Å². The quantitative estimate of drug-likeness (QED) is 0.392. The first kappa shape index (κ1) is 21.7. The number of aliphatic hydroxyl groups excluding tert-OH is 1. The number of hydrogen-bond acceptors (Lipinski definition) is 5. The van der Waals surface area contributed by atoms with E-state index in [0.717, 1.165) is 18.2 Å². The Morgan fingerprint density at radius 1 is 1.12 bits per heavy atom. The molecule has 162 valence electrons. The maximum absolute atomic E-state index is 15.0. The zero-order chi connectivity index (χ0) is 22.9. The fraction of sp³-hybridized carbons (Fsp3) is 0.0476. The molecule has 2 aromatic heterocycles. The van der Waals surface area contributed by atoms with Crippen LogP contribution in [-0.2, 0) is 16.6 Å². The van der Waals surface area contributed by atoms with Gasteiger partial charge in [0.2, 0.25) is 0 Å². The summed E-state index contributed by atoms with van der Waals surface area (Å²) >= 11 is 5.86. The van der Waals surface area contributed by atoms with E-state index in [1.807, 2.05) is 0 Å². The molecule has 32 heavy (non-hydrogen) atoms. The van der Waals surface area contributed by atoms with Crippen LogP contribution in [0.3, 0.4) is 0 Å². The van der Waals surface area contributed by atoms with Crippen molar-refractivity contribution in [3.05, 3.63) is 82.1 Å². The molecule has 4 rings (SSSR count). The van der Waals surface area contributed by atoms with Gasteiger partial charge in [-0.3, -0.25) is 9.82 Å². The Kier molecular flexibility index (Phi) is 5.80. The average molecular weight is 475 g/mol. The fourth-order valence-corrected chi connectivity index (χ4v) is 4.45. The van der Waals surface area contributed by atoms with Crippen molar-refractivity contribution in [2.75, 3.05) is 4.72 Å². The normalized spacial score (nSPS) is 11.2. The number of benzene rings is 2. The first-order valence-electron chi connectivity index (χ1n) is 9.00. The minimum absolute atomic E-state index is 0.0616. The first-order valence-corrected chi connectivity index (χ1v) is 10.9. The summed E-state index contributed by atoms with van der Waals surface area (Å²) in [5.41, 5.74) is -0.150. The topological polar surface area (TPSA) is 108 Å². The number of anilines is 1. The maximum Gasteiger partial charge on any atom is 0.262 e. The van der Waals surface area contributed by atoms with Crippen molar-refractivity contribution >= 4 is 38.3 Å². The van der Waals surface area contributed by atoms with E-state index in [4.69, 9.17) is 11.6 Å². The van der Waals surface area contributed by atoms with Gasteiger partial charge in [-0.1, -0.05) is 29.5 Å². The highest BCUT2D eigenvalue weighted by molar-refractivity contribution is 7.92. The molecule has 7 nitrogen and oxygen atoms in total. The molecule has 0 aliphatic heterocycles. The minimum Gasteiger partial charge on any atom is -0.392 e. The molecule has 2 aromatic carbocycles. The molecule has 0 spiro atoms. The van der Waals surface area contributed by atoms with Crippen molar-refractivity contribution in [3.63, 3.8) is 0 Å². The van der Waals surface area contributed by atoms with Gasteiger partial charge in [-0.25, -0.2) is 22.2 Å². The lowest BCUT2D eigenvalue weighted by atomic mass is 10.1. The van der Waals surface area contributed by atoms with Crippen LogP contribution in [0.4, 0.5) is 14.5 Å². The van der Waals surface area contributed by atoms with E-state index in [9.17, 15) is 22.3 Å². The highest BCUT2D eigenvalue weighted by atomic mass is 35.5. The largest absolute Gasteiger partial charge is 0.392 e. The number of sulfonamides is 1. The molecular weight excluding hydrogens is 462 g/mol. The Bertz CT molecular complexity index is 1510. The predicted octanol–water partition coefficient (Wildman–Crippen LogP) is 3.58. The molecule has 0 unspecified atom stereocenters. The molecule has 11 heteroatoms. The van der Waals surface area contributed by atoms with E-state index in [2.05, 4.69) is 31.7 Å². The van der Waals surface area contributed by atoms with Crippen LogP contribution in [0.2, 0.25) is 5.02 Å². The molecule has 2 heterocycles. The Balaban J connectivity index is 1.71. The molecule has 4 aromatic rings. The summed E-state index contributed by atoms with van der Waals surface area (Å²) in [4.78, 5) is 3.76. The lowest BCUT2D eigenvalue weighted by molar-refractivity contribution is 0.278. The van der Waals surface area contributed by atoms with Crippen LogP contribution < -0.4 is 4.72 Å². The average Bonchev–Trinajstić information content (AvgIpc) is 3.23. The number of nitrogens with one attached hydrogen (secondary N) is 2. The summed E-state index contributed by atoms with van der Waals surface area (Å²) in [6.45, 7) is -0.578. The summed E-state index contributed by atoms with van der Waals surface area (Å²) in [5, 5.41) is 16.7. The number of aliphatic hydroxyl groups is 1. The van der Waals surface area contributed by atoms with Crippen molar-refractivity contribution in [1.29, 1.82) is 0 Å². The molecule has 0 saturated heterocycles. The Labute approximate surface area is 186 Å². The van der Waals surface area contributed by atoms with Crippen molar-refractivity contribution in [1.82, 2.24) is 15.2 Å². The van der Waals surface area contributed by atoms with Crippen LogP contribution in [0.1, 0.15) is 16.7 Å². The molecule has 0 bridgehead atoms. The van der Waals surface area contributed by atoms with Gasteiger partial charge in [0.05, 0.1) is 29.0 Å². The molecule has 0 radical (unpaired) electrons. The number of fused-ring (bicyclic) bond motifs is 1.